The fourth-order valence-electron chi connectivity index (χ4n) is 6.32. The fraction of sp³-hybridized carbons (Fsp3) is 0.333. The molecule has 1 saturated heterocycles. The largest absolute Gasteiger partial charge is 0.398 e. The van der Waals surface area contributed by atoms with E-state index in [0.29, 0.717) is 74.0 Å². The van der Waals surface area contributed by atoms with Crippen LogP contribution in [0.15, 0.2) is 73.2 Å². The SMILES string of the molecule is CCN(C(=O)[C@@H]1CCN(CC(=O)N2CC=C(c3ccc(-c4ncn(C)n4)cc3)CC2)C1)c1ccc(N)c(C(=N)c2ccc(C)nc2)c1. The summed E-state index contributed by atoms with van der Waals surface area (Å²) in [5.41, 5.74) is 13.2. The summed E-state index contributed by atoms with van der Waals surface area (Å²) < 4.78 is 1.69. The molecule has 0 radical (unpaired) electrons. The lowest BCUT2D eigenvalue weighted by atomic mass is 9.98. The van der Waals surface area contributed by atoms with Gasteiger partial charge in [-0.3, -0.25) is 29.6 Å². The molecule has 2 aromatic heterocycles. The molecule has 0 spiro atoms. The molecule has 11 nitrogen and oxygen atoms in total. The zero-order chi connectivity index (χ0) is 33.1. The highest BCUT2D eigenvalue weighted by Gasteiger charge is 2.33. The Balaban J connectivity index is 1.04. The third-order valence-electron chi connectivity index (χ3n) is 9.06. The topological polar surface area (TPSA) is 137 Å². The Morgan fingerprint density at radius 2 is 1.83 bits per heavy atom. The van der Waals surface area contributed by atoms with Crippen LogP contribution in [0.3, 0.4) is 0 Å². The van der Waals surface area contributed by atoms with Gasteiger partial charge in [0, 0.05) is 73.2 Å². The van der Waals surface area contributed by atoms with Crippen LogP contribution in [0.2, 0.25) is 0 Å². The molecule has 0 unspecified atom stereocenters. The normalized spacial score (nSPS) is 16.6. The van der Waals surface area contributed by atoms with E-state index < -0.39 is 0 Å². The van der Waals surface area contributed by atoms with Crippen LogP contribution in [-0.2, 0) is 16.6 Å². The second-order valence-electron chi connectivity index (χ2n) is 12.3. The van der Waals surface area contributed by atoms with Gasteiger partial charge in [-0.2, -0.15) is 5.10 Å². The standard InChI is InChI=1S/C36H41N9O2/c1-4-45(30-11-12-32(37)31(19-30)34(38)28-6-5-24(2)39-20-28)36(47)29-13-16-43(21-29)22-33(46)44-17-14-26(15-18-44)25-7-9-27(10-8-25)35-40-23-42(3)41-35/h5-12,14,19-20,23,29,38H,4,13,15-18,21-22,37H2,1-3H3/t29-/m1/s1. The number of nitrogens with zero attached hydrogens (tertiary/aromatic N) is 7. The summed E-state index contributed by atoms with van der Waals surface area (Å²) in [6, 6.07) is 17.4. The van der Waals surface area contributed by atoms with Crippen molar-refractivity contribution in [3.63, 3.8) is 0 Å². The molecule has 0 bridgehead atoms. The monoisotopic (exact) mass is 631 g/mol. The molecule has 4 heterocycles. The van der Waals surface area contributed by atoms with E-state index in [2.05, 4.69) is 38.2 Å². The number of hydrogen-bond acceptors (Lipinski definition) is 8. The van der Waals surface area contributed by atoms with Gasteiger partial charge in [0.25, 0.3) is 0 Å². The number of nitrogens with two attached hydrogens (primary N) is 1. The molecule has 47 heavy (non-hydrogen) atoms. The van der Waals surface area contributed by atoms with Crippen molar-refractivity contribution in [3.8, 4) is 11.4 Å². The number of aromatic nitrogens is 4. The van der Waals surface area contributed by atoms with Crippen LogP contribution >= 0.6 is 0 Å². The summed E-state index contributed by atoms with van der Waals surface area (Å²) in [6.45, 7) is 7.12. The minimum atomic E-state index is -0.207. The molecule has 2 amide bonds. The number of likely N-dealkylation sites (tertiary alicyclic amines) is 1. The number of nitrogen functional groups attached to an aromatic ring is 1. The van der Waals surface area contributed by atoms with E-state index in [1.807, 2.05) is 62.2 Å². The molecular formula is C36H41N9O2. The average Bonchev–Trinajstić information content (AvgIpc) is 3.75. The number of anilines is 2. The molecule has 0 aliphatic carbocycles. The Kier molecular flexibility index (Phi) is 9.26. The maximum absolute atomic E-state index is 13.8. The van der Waals surface area contributed by atoms with Gasteiger partial charge in [0.05, 0.1) is 18.2 Å². The van der Waals surface area contributed by atoms with Crippen molar-refractivity contribution in [2.75, 3.05) is 49.9 Å². The highest BCUT2D eigenvalue weighted by atomic mass is 16.2. The first-order valence-electron chi connectivity index (χ1n) is 16.1. The van der Waals surface area contributed by atoms with Crippen molar-refractivity contribution in [2.45, 2.75) is 26.7 Å². The lowest BCUT2D eigenvalue weighted by Crippen LogP contribution is -2.42. The van der Waals surface area contributed by atoms with Gasteiger partial charge < -0.3 is 15.5 Å². The van der Waals surface area contributed by atoms with Gasteiger partial charge in [0.2, 0.25) is 11.8 Å². The molecule has 2 aromatic carbocycles. The number of carbonyl (C=O) groups is 2. The van der Waals surface area contributed by atoms with Gasteiger partial charge in [-0.05, 0) is 74.7 Å². The molecule has 3 N–H and O–H groups in total. The number of rotatable bonds is 9. The first-order valence-corrected chi connectivity index (χ1v) is 16.1. The number of benzene rings is 2. The van der Waals surface area contributed by atoms with E-state index in [1.165, 1.54) is 5.57 Å². The second kappa shape index (κ2) is 13.7. The Labute approximate surface area is 275 Å². The quantitative estimate of drug-likeness (QED) is 0.209. The predicted octanol–water partition coefficient (Wildman–Crippen LogP) is 4.17. The summed E-state index contributed by atoms with van der Waals surface area (Å²) in [4.78, 5) is 41.4. The number of amides is 2. The van der Waals surface area contributed by atoms with E-state index in [9.17, 15) is 9.59 Å². The number of nitrogens with one attached hydrogen (secondary N) is 1. The van der Waals surface area contributed by atoms with Crippen molar-refractivity contribution in [1.29, 1.82) is 5.41 Å². The molecular weight excluding hydrogens is 590 g/mol. The molecule has 2 aliphatic heterocycles. The smallest absolute Gasteiger partial charge is 0.237 e. The predicted molar refractivity (Wildman–Crippen MR) is 184 cm³/mol. The highest BCUT2D eigenvalue weighted by molar-refractivity contribution is 6.14. The number of hydrogen-bond donors (Lipinski definition) is 2. The van der Waals surface area contributed by atoms with E-state index in [1.54, 1.807) is 28.2 Å². The van der Waals surface area contributed by atoms with Crippen molar-refractivity contribution >= 4 is 34.5 Å². The minimum Gasteiger partial charge on any atom is -0.398 e. The van der Waals surface area contributed by atoms with Gasteiger partial charge in [-0.15, -0.1) is 0 Å². The van der Waals surface area contributed by atoms with Crippen molar-refractivity contribution < 1.29 is 9.59 Å². The van der Waals surface area contributed by atoms with Gasteiger partial charge >= 0.3 is 0 Å². The van der Waals surface area contributed by atoms with Gasteiger partial charge in [-0.1, -0.05) is 30.3 Å². The van der Waals surface area contributed by atoms with Gasteiger partial charge in [0.15, 0.2) is 5.82 Å². The number of pyridine rings is 1. The Morgan fingerprint density at radius 3 is 2.49 bits per heavy atom. The highest BCUT2D eigenvalue weighted by Crippen LogP contribution is 2.28. The van der Waals surface area contributed by atoms with Crippen LogP contribution in [0.5, 0.6) is 0 Å². The Bertz CT molecular complexity index is 1810. The fourth-order valence-corrected chi connectivity index (χ4v) is 6.32. The maximum atomic E-state index is 13.8. The van der Waals surface area contributed by atoms with Crippen molar-refractivity contribution in [2.24, 2.45) is 13.0 Å². The van der Waals surface area contributed by atoms with E-state index >= 15 is 0 Å². The average molecular weight is 632 g/mol. The number of aryl methyl sites for hydroxylation is 2. The van der Waals surface area contributed by atoms with Crippen LogP contribution in [0.25, 0.3) is 17.0 Å². The van der Waals surface area contributed by atoms with Crippen LogP contribution in [0, 0.1) is 18.3 Å². The van der Waals surface area contributed by atoms with Gasteiger partial charge in [-0.25, -0.2) is 4.98 Å². The molecule has 1 atom stereocenters. The van der Waals surface area contributed by atoms with E-state index in [-0.39, 0.29) is 23.4 Å². The molecule has 6 rings (SSSR count). The Hall–Kier alpha value is -5.16. The maximum Gasteiger partial charge on any atom is 0.237 e. The minimum absolute atomic E-state index is 0.0251. The summed E-state index contributed by atoms with van der Waals surface area (Å²) in [5, 5.41) is 13.1. The first-order chi connectivity index (χ1) is 22.7. The lowest BCUT2D eigenvalue weighted by Gasteiger charge is -2.29. The molecule has 11 heteroatoms. The summed E-state index contributed by atoms with van der Waals surface area (Å²) in [7, 11) is 1.85. The molecule has 242 valence electrons. The number of carbonyl (C=O) groups excluding carboxylic acids is 2. The third-order valence-corrected chi connectivity index (χ3v) is 9.06. The second-order valence-corrected chi connectivity index (χ2v) is 12.3. The zero-order valence-electron chi connectivity index (χ0n) is 27.2. The van der Waals surface area contributed by atoms with Crippen LogP contribution in [0.1, 0.15) is 42.1 Å². The van der Waals surface area contributed by atoms with Crippen molar-refractivity contribution in [3.05, 3.63) is 95.6 Å². The molecule has 4 aromatic rings. The summed E-state index contributed by atoms with van der Waals surface area (Å²) >= 11 is 0. The van der Waals surface area contributed by atoms with Crippen molar-refractivity contribution in [1.82, 2.24) is 29.5 Å². The third kappa shape index (κ3) is 7.00. The van der Waals surface area contributed by atoms with Crippen LogP contribution in [0.4, 0.5) is 11.4 Å². The summed E-state index contributed by atoms with van der Waals surface area (Å²) in [6.07, 6.45) is 6.99. The first kappa shape index (κ1) is 31.8. The van der Waals surface area contributed by atoms with E-state index in [0.717, 1.165) is 23.2 Å². The molecule has 0 saturated carbocycles. The molecule has 1 fully saturated rings. The van der Waals surface area contributed by atoms with Gasteiger partial charge in [0.1, 0.15) is 6.33 Å². The van der Waals surface area contributed by atoms with E-state index in [4.69, 9.17) is 11.1 Å². The summed E-state index contributed by atoms with van der Waals surface area (Å²) in [5.74, 6) is 0.609. The van der Waals surface area contributed by atoms with Crippen LogP contribution < -0.4 is 10.6 Å². The Morgan fingerprint density at radius 1 is 1.04 bits per heavy atom. The lowest BCUT2D eigenvalue weighted by molar-refractivity contribution is -0.132. The zero-order valence-corrected chi connectivity index (χ0v) is 27.2. The molecule has 2 aliphatic rings. The van der Waals surface area contributed by atoms with Crippen LogP contribution in [-0.4, -0.2) is 86.3 Å².